The maximum absolute atomic E-state index is 14.8. The predicted molar refractivity (Wildman–Crippen MR) is 134 cm³/mol. The van der Waals surface area contributed by atoms with Crippen LogP contribution in [0.2, 0.25) is 0 Å². The molecule has 1 unspecified atom stereocenters. The zero-order valence-electron chi connectivity index (χ0n) is 21.3. The van der Waals surface area contributed by atoms with E-state index in [0.29, 0.717) is 58.9 Å². The first kappa shape index (κ1) is 26.0. The Morgan fingerprint density at radius 3 is 2.53 bits per heavy atom. The van der Waals surface area contributed by atoms with Crippen LogP contribution in [0.25, 0.3) is 10.9 Å². The highest BCUT2D eigenvalue weighted by Gasteiger charge is 2.47. The number of aromatic nitrogens is 2. The van der Waals surface area contributed by atoms with Gasteiger partial charge in [-0.2, -0.15) is 8.78 Å². The van der Waals surface area contributed by atoms with Gasteiger partial charge >= 0.3 is 5.92 Å². The van der Waals surface area contributed by atoms with Crippen LogP contribution in [-0.2, 0) is 10.7 Å². The molecule has 4 rings (SSSR count). The van der Waals surface area contributed by atoms with E-state index >= 15 is 0 Å². The number of fused-ring (bicyclic) bond motifs is 1. The first-order valence-corrected chi connectivity index (χ1v) is 12.1. The lowest BCUT2D eigenvalue weighted by atomic mass is 9.91. The van der Waals surface area contributed by atoms with Crippen molar-refractivity contribution in [1.29, 1.82) is 0 Å². The third-order valence-corrected chi connectivity index (χ3v) is 6.18. The third kappa shape index (κ3) is 5.68. The van der Waals surface area contributed by atoms with Gasteiger partial charge in [0.25, 0.3) is 0 Å². The number of halogens is 2. The smallest absolute Gasteiger partial charge is 0.300 e. The first-order valence-electron chi connectivity index (χ1n) is 12.1. The minimum atomic E-state index is -3.41. The summed E-state index contributed by atoms with van der Waals surface area (Å²) in [4.78, 5) is 9.10. The molecule has 1 atom stereocenters. The van der Waals surface area contributed by atoms with Gasteiger partial charge < -0.3 is 24.6 Å². The van der Waals surface area contributed by atoms with Crippen molar-refractivity contribution in [3.63, 3.8) is 0 Å². The molecule has 0 amide bonds. The number of rotatable bonds is 11. The average molecular weight is 502 g/mol. The Kier molecular flexibility index (Phi) is 7.33. The van der Waals surface area contributed by atoms with Gasteiger partial charge in [-0.15, -0.1) is 0 Å². The summed E-state index contributed by atoms with van der Waals surface area (Å²) in [6.45, 7) is 6.72. The van der Waals surface area contributed by atoms with Crippen LogP contribution in [0.5, 0.6) is 11.5 Å². The van der Waals surface area contributed by atoms with Crippen molar-refractivity contribution in [2.24, 2.45) is 0 Å². The molecule has 9 heteroatoms. The normalized spacial score (nSPS) is 15.1. The quantitative estimate of drug-likeness (QED) is 0.334. The number of nitrogens with one attached hydrogen (secondary N) is 1. The largest absolute Gasteiger partial charge is 0.493 e. The summed E-state index contributed by atoms with van der Waals surface area (Å²) in [7, 11) is 1.57. The van der Waals surface area contributed by atoms with Crippen molar-refractivity contribution in [2.45, 2.75) is 64.2 Å². The van der Waals surface area contributed by atoms with Crippen molar-refractivity contribution < 1.29 is 28.1 Å². The minimum absolute atomic E-state index is 0.251. The summed E-state index contributed by atoms with van der Waals surface area (Å²) < 4.78 is 46.6. The van der Waals surface area contributed by atoms with Crippen LogP contribution >= 0.6 is 0 Å². The molecule has 0 bridgehead atoms. The second-order valence-electron chi connectivity index (χ2n) is 9.68. The van der Waals surface area contributed by atoms with E-state index in [4.69, 9.17) is 14.2 Å². The van der Waals surface area contributed by atoms with E-state index in [1.807, 2.05) is 13.0 Å². The maximum Gasteiger partial charge on any atom is 0.300 e. The van der Waals surface area contributed by atoms with Crippen molar-refractivity contribution in [1.82, 2.24) is 9.97 Å². The highest BCUT2D eigenvalue weighted by Crippen LogP contribution is 2.40. The van der Waals surface area contributed by atoms with E-state index in [9.17, 15) is 13.9 Å². The van der Waals surface area contributed by atoms with E-state index in [2.05, 4.69) is 15.3 Å². The lowest BCUT2D eigenvalue weighted by molar-refractivity contribution is -0.168. The number of aliphatic hydroxyl groups is 1. The van der Waals surface area contributed by atoms with E-state index < -0.39 is 11.5 Å². The SMILES string of the molecule is COc1cc2nc(C)nc(NC(C)c3cccc(C(F)(F)C(C)(C)O)c3)c2cc1OCCOC1CC1. The molecule has 194 valence electrons. The molecule has 1 saturated carbocycles. The molecule has 0 saturated heterocycles. The fourth-order valence-electron chi connectivity index (χ4n) is 3.88. The van der Waals surface area contributed by atoms with Crippen molar-refractivity contribution in [3.8, 4) is 11.5 Å². The Morgan fingerprint density at radius 2 is 1.86 bits per heavy atom. The summed E-state index contributed by atoms with van der Waals surface area (Å²) in [5.74, 6) is -1.22. The highest BCUT2D eigenvalue weighted by atomic mass is 19.3. The van der Waals surface area contributed by atoms with Crippen LogP contribution in [-0.4, -0.2) is 47.1 Å². The second-order valence-corrected chi connectivity index (χ2v) is 9.68. The molecule has 1 fully saturated rings. The lowest BCUT2D eigenvalue weighted by Gasteiger charge is -2.30. The van der Waals surface area contributed by atoms with Gasteiger partial charge in [-0.25, -0.2) is 9.97 Å². The second kappa shape index (κ2) is 10.1. The summed E-state index contributed by atoms with van der Waals surface area (Å²) in [5, 5.41) is 14.0. The number of benzene rings is 2. The van der Waals surface area contributed by atoms with E-state index in [0.717, 1.165) is 26.7 Å². The fourth-order valence-corrected chi connectivity index (χ4v) is 3.88. The van der Waals surface area contributed by atoms with Crippen LogP contribution in [0.15, 0.2) is 36.4 Å². The number of ether oxygens (including phenoxy) is 3. The van der Waals surface area contributed by atoms with Gasteiger partial charge in [0.05, 0.1) is 25.3 Å². The summed E-state index contributed by atoms with van der Waals surface area (Å²) >= 11 is 0. The molecule has 2 aromatic carbocycles. The van der Waals surface area contributed by atoms with Gasteiger partial charge in [0, 0.05) is 23.1 Å². The standard InChI is InChI=1S/C27H33F2N3O4/c1-16(18-7-6-8-19(13-18)27(28,29)26(3,4)33)30-25-21-14-24(36-12-11-35-20-9-10-20)23(34-5)15-22(21)31-17(2)32-25/h6-8,13-16,20,33H,9-12H2,1-5H3,(H,30,31,32). The average Bonchev–Trinajstić information content (AvgIpc) is 3.65. The molecule has 36 heavy (non-hydrogen) atoms. The first-order chi connectivity index (χ1) is 17.0. The van der Waals surface area contributed by atoms with Crippen LogP contribution in [0, 0.1) is 6.92 Å². The molecule has 1 heterocycles. The van der Waals surface area contributed by atoms with Crippen molar-refractivity contribution in [3.05, 3.63) is 53.3 Å². The van der Waals surface area contributed by atoms with Gasteiger partial charge in [-0.05, 0) is 58.2 Å². The Morgan fingerprint density at radius 1 is 1.11 bits per heavy atom. The molecular weight excluding hydrogens is 468 g/mol. The Bertz CT molecular complexity index is 1230. The Labute approximate surface area is 209 Å². The topological polar surface area (TPSA) is 85.7 Å². The number of anilines is 1. The number of hydrogen-bond donors (Lipinski definition) is 2. The van der Waals surface area contributed by atoms with Crippen molar-refractivity contribution in [2.75, 3.05) is 25.6 Å². The lowest BCUT2D eigenvalue weighted by Crippen LogP contribution is -2.40. The van der Waals surface area contributed by atoms with Crippen LogP contribution in [0.4, 0.5) is 14.6 Å². The van der Waals surface area contributed by atoms with E-state index in [1.54, 1.807) is 32.2 Å². The number of aryl methyl sites for hydroxylation is 1. The molecule has 0 spiro atoms. The van der Waals surface area contributed by atoms with Crippen LogP contribution in [0.1, 0.15) is 56.6 Å². The monoisotopic (exact) mass is 501 g/mol. The van der Waals surface area contributed by atoms with E-state index in [1.165, 1.54) is 12.1 Å². The number of nitrogens with zero attached hydrogens (tertiary/aromatic N) is 2. The molecule has 3 aromatic rings. The highest BCUT2D eigenvalue weighted by molar-refractivity contribution is 5.92. The molecule has 2 N–H and O–H groups in total. The van der Waals surface area contributed by atoms with Gasteiger partial charge in [0.1, 0.15) is 23.9 Å². The van der Waals surface area contributed by atoms with E-state index in [-0.39, 0.29) is 11.6 Å². The van der Waals surface area contributed by atoms with Crippen molar-refractivity contribution >= 4 is 16.7 Å². The summed E-state index contributed by atoms with van der Waals surface area (Å²) in [6, 6.07) is 9.30. The molecule has 7 nitrogen and oxygen atoms in total. The summed E-state index contributed by atoms with van der Waals surface area (Å²) in [6.07, 6.45) is 2.55. The Hall–Kier alpha value is -3.04. The van der Waals surface area contributed by atoms with Gasteiger partial charge in [0.15, 0.2) is 11.5 Å². The zero-order valence-corrected chi connectivity index (χ0v) is 21.3. The number of hydrogen-bond acceptors (Lipinski definition) is 7. The van der Waals surface area contributed by atoms with Crippen LogP contribution < -0.4 is 14.8 Å². The molecule has 1 aliphatic rings. The molecular formula is C27H33F2N3O4. The zero-order chi connectivity index (χ0) is 26.1. The van der Waals surface area contributed by atoms with Gasteiger partial charge in [-0.1, -0.05) is 18.2 Å². The maximum atomic E-state index is 14.8. The van der Waals surface area contributed by atoms with Crippen LogP contribution in [0.3, 0.4) is 0 Å². The molecule has 1 aliphatic carbocycles. The minimum Gasteiger partial charge on any atom is -0.493 e. The summed E-state index contributed by atoms with van der Waals surface area (Å²) in [5.41, 5.74) is -1.15. The third-order valence-electron chi connectivity index (χ3n) is 6.18. The van der Waals surface area contributed by atoms with Gasteiger partial charge in [-0.3, -0.25) is 0 Å². The van der Waals surface area contributed by atoms with Gasteiger partial charge in [0.2, 0.25) is 0 Å². The molecule has 1 aromatic heterocycles. The fraction of sp³-hybridized carbons (Fsp3) is 0.481. The predicted octanol–water partition coefficient (Wildman–Crippen LogP) is 5.54. The molecule has 0 aliphatic heterocycles. The number of methoxy groups -OCH3 is 1. The number of alkyl halides is 2. The Balaban J connectivity index is 1.61. The molecule has 0 radical (unpaired) electrons.